The minimum absolute atomic E-state index is 0.223. The molecule has 1 atom stereocenters. The Morgan fingerprint density at radius 2 is 1.79 bits per heavy atom. The number of hydrogen-bond acceptors (Lipinski definition) is 3. The quantitative estimate of drug-likeness (QED) is 0.807. The van der Waals surface area contributed by atoms with Crippen molar-refractivity contribution in [1.82, 2.24) is 14.9 Å². The van der Waals surface area contributed by atoms with Gasteiger partial charge in [0, 0.05) is 19.6 Å². The summed E-state index contributed by atoms with van der Waals surface area (Å²) in [5.74, 6) is 0.223. The van der Waals surface area contributed by atoms with E-state index >= 15 is 0 Å². The van der Waals surface area contributed by atoms with Crippen molar-refractivity contribution in [2.45, 2.75) is 37.8 Å². The van der Waals surface area contributed by atoms with Crippen LogP contribution in [-0.4, -0.2) is 31.8 Å². The van der Waals surface area contributed by atoms with Crippen molar-refractivity contribution in [3.8, 4) is 0 Å². The van der Waals surface area contributed by atoms with Crippen molar-refractivity contribution >= 4 is 16.1 Å². The zero-order valence-electron chi connectivity index (χ0n) is 16.3. The van der Waals surface area contributed by atoms with E-state index in [0.29, 0.717) is 31.6 Å². The number of sulfonamides is 1. The number of fused-ring (bicyclic) bond motifs is 1. The lowest BCUT2D eigenvalue weighted by molar-refractivity contribution is 0.235. The van der Waals surface area contributed by atoms with Crippen LogP contribution < -0.4 is 10.6 Å². The molecule has 2 aromatic rings. The average molecular weight is 402 g/mol. The molecule has 0 unspecified atom stereocenters. The van der Waals surface area contributed by atoms with Gasteiger partial charge in [-0.05, 0) is 29.5 Å². The molecule has 0 aromatic heterocycles. The third-order valence-corrected chi connectivity index (χ3v) is 6.69. The summed E-state index contributed by atoms with van der Waals surface area (Å²) in [4.78, 5) is 12.7. The van der Waals surface area contributed by atoms with E-state index in [-0.39, 0.29) is 22.9 Å². The lowest BCUT2D eigenvalue weighted by atomic mass is 10.0. The number of benzene rings is 2. The zero-order valence-corrected chi connectivity index (χ0v) is 17.1. The lowest BCUT2D eigenvalue weighted by Crippen LogP contribution is -2.38. The van der Waals surface area contributed by atoms with Crippen molar-refractivity contribution in [2.75, 3.05) is 13.1 Å². The van der Waals surface area contributed by atoms with E-state index in [9.17, 15) is 13.2 Å². The summed E-state index contributed by atoms with van der Waals surface area (Å²) in [7, 11) is -3.58. The zero-order chi connectivity index (χ0) is 20.1. The maximum absolute atomic E-state index is 13.1. The van der Waals surface area contributed by atoms with Crippen LogP contribution in [0.15, 0.2) is 59.5 Å². The first-order chi connectivity index (χ1) is 13.4. The third kappa shape index (κ3) is 4.72. The van der Waals surface area contributed by atoms with Gasteiger partial charge in [-0.25, -0.2) is 13.2 Å². The predicted molar refractivity (Wildman–Crippen MR) is 109 cm³/mol. The van der Waals surface area contributed by atoms with Crippen LogP contribution in [0.25, 0.3) is 0 Å². The molecule has 28 heavy (non-hydrogen) atoms. The van der Waals surface area contributed by atoms with E-state index in [1.54, 1.807) is 18.2 Å². The standard InChI is InChI=1S/C21H27N3O3S/c1-16(2)15-24-13-12-19(18-10-6-7-11-20(18)28(24,26)27)23-21(25)22-14-17-8-4-3-5-9-17/h3-11,16,19H,12-15H2,1-2H3,(H2,22,23,25)/t19-/m1/s1. The van der Waals surface area contributed by atoms with E-state index in [0.717, 1.165) is 5.56 Å². The van der Waals surface area contributed by atoms with Gasteiger partial charge in [0.05, 0.1) is 10.9 Å². The summed E-state index contributed by atoms with van der Waals surface area (Å²) in [5.41, 5.74) is 1.65. The number of carbonyl (C=O) groups is 1. The molecule has 1 heterocycles. The van der Waals surface area contributed by atoms with Crippen LogP contribution in [0.5, 0.6) is 0 Å². The molecule has 2 N–H and O–H groups in total. The first kappa shape index (κ1) is 20.4. The first-order valence-corrected chi connectivity index (χ1v) is 11.0. The Labute approximate surface area is 167 Å². The Balaban J connectivity index is 1.77. The average Bonchev–Trinajstić information content (AvgIpc) is 2.77. The minimum atomic E-state index is -3.58. The smallest absolute Gasteiger partial charge is 0.315 e. The number of hydrogen-bond donors (Lipinski definition) is 2. The highest BCUT2D eigenvalue weighted by atomic mass is 32.2. The largest absolute Gasteiger partial charge is 0.334 e. The van der Waals surface area contributed by atoms with Gasteiger partial charge in [-0.15, -0.1) is 0 Å². The Bertz CT molecular complexity index is 914. The van der Waals surface area contributed by atoms with E-state index in [2.05, 4.69) is 10.6 Å². The molecule has 0 saturated carbocycles. The number of carbonyl (C=O) groups excluding carboxylic acids is 1. The highest BCUT2D eigenvalue weighted by Gasteiger charge is 2.34. The van der Waals surface area contributed by atoms with Crippen molar-refractivity contribution < 1.29 is 13.2 Å². The summed E-state index contributed by atoms with van der Waals surface area (Å²) in [6.07, 6.45) is 0.529. The molecule has 150 valence electrons. The Hall–Kier alpha value is -2.38. The third-order valence-electron chi connectivity index (χ3n) is 4.75. The van der Waals surface area contributed by atoms with Crippen molar-refractivity contribution in [3.63, 3.8) is 0 Å². The van der Waals surface area contributed by atoms with Crippen LogP contribution in [0.2, 0.25) is 0 Å². The van der Waals surface area contributed by atoms with Gasteiger partial charge in [-0.3, -0.25) is 0 Å². The monoisotopic (exact) mass is 401 g/mol. The number of urea groups is 1. The van der Waals surface area contributed by atoms with Crippen LogP contribution in [0.1, 0.15) is 37.4 Å². The second kappa shape index (κ2) is 8.75. The Morgan fingerprint density at radius 1 is 1.11 bits per heavy atom. The lowest BCUT2D eigenvalue weighted by Gasteiger charge is -2.22. The molecule has 1 aliphatic rings. The topological polar surface area (TPSA) is 78.5 Å². The summed E-state index contributed by atoms with van der Waals surface area (Å²) < 4.78 is 27.7. The SMILES string of the molecule is CC(C)CN1CC[C@@H](NC(=O)NCc2ccccc2)c2ccccc2S1(=O)=O. The molecular weight excluding hydrogens is 374 g/mol. The summed E-state index contributed by atoms with van der Waals surface area (Å²) >= 11 is 0. The van der Waals surface area contributed by atoms with Gasteiger partial charge in [0.25, 0.3) is 0 Å². The van der Waals surface area contributed by atoms with Crippen LogP contribution >= 0.6 is 0 Å². The number of nitrogens with zero attached hydrogens (tertiary/aromatic N) is 1. The van der Waals surface area contributed by atoms with Gasteiger partial charge in [-0.1, -0.05) is 62.4 Å². The van der Waals surface area contributed by atoms with Crippen LogP contribution in [0, 0.1) is 5.92 Å². The maximum atomic E-state index is 13.1. The maximum Gasteiger partial charge on any atom is 0.315 e. The van der Waals surface area contributed by atoms with Gasteiger partial charge >= 0.3 is 6.03 Å². The fraction of sp³-hybridized carbons (Fsp3) is 0.381. The van der Waals surface area contributed by atoms with Crippen molar-refractivity contribution in [2.24, 2.45) is 5.92 Å². The van der Waals surface area contributed by atoms with Crippen LogP contribution in [0.3, 0.4) is 0 Å². The molecule has 2 amide bonds. The molecule has 0 aliphatic carbocycles. The Morgan fingerprint density at radius 3 is 2.50 bits per heavy atom. The van der Waals surface area contributed by atoms with Crippen molar-refractivity contribution in [1.29, 1.82) is 0 Å². The van der Waals surface area contributed by atoms with E-state index < -0.39 is 10.0 Å². The van der Waals surface area contributed by atoms with Gasteiger partial charge in [-0.2, -0.15) is 4.31 Å². The minimum Gasteiger partial charge on any atom is -0.334 e. The van der Waals surface area contributed by atoms with Gasteiger partial charge in [0.2, 0.25) is 10.0 Å². The number of rotatable bonds is 5. The number of amides is 2. The predicted octanol–water partition coefficient (Wildman–Crippen LogP) is 3.28. The molecule has 7 heteroatoms. The van der Waals surface area contributed by atoms with Gasteiger partial charge in [0.1, 0.15) is 0 Å². The van der Waals surface area contributed by atoms with Gasteiger partial charge < -0.3 is 10.6 Å². The molecule has 0 saturated heterocycles. The second-order valence-electron chi connectivity index (χ2n) is 7.45. The van der Waals surface area contributed by atoms with Crippen molar-refractivity contribution in [3.05, 3.63) is 65.7 Å². The van der Waals surface area contributed by atoms with E-state index in [4.69, 9.17) is 0 Å². The first-order valence-electron chi connectivity index (χ1n) is 9.55. The van der Waals surface area contributed by atoms with E-state index in [1.165, 1.54) is 4.31 Å². The molecule has 0 fully saturated rings. The molecule has 0 bridgehead atoms. The highest BCUT2D eigenvalue weighted by Crippen LogP contribution is 2.32. The van der Waals surface area contributed by atoms with Crippen LogP contribution in [0.4, 0.5) is 4.79 Å². The molecule has 1 aliphatic heterocycles. The molecule has 0 radical (unpaired) electrons. The fourth-order valence-corrected chi connectivity index (χ4v) is 5.30. The summed E-state index contributed by atoms with van der Waals surface area (Å²) in [5, 5.41) is 5.80. The summed E-state index contributed by atoms with van der Waals surface area (Å²) in [6, 6.07) is 15.9. The second-order valence-corrected chi connectivity index (χ2v) is 9.35. The molecule has 2 aromatic carbocycles. The molecule has 0 spiro atoms. The van der Waals surface area contributed by atoms with E-state index in [1.807, 2.05) is 50.2 Å². The molecule has 6 nitrogen and oxygen atoms in total. The highest BCUT2D eigenvalue weighted by molar-refractivity contribution is 7.89. The fourth-order valence-electron chi connectivity index (χ4n) is 3.43. The molecule has 3 rings (SSSR count). The number of nitrogens with one attached hydrogen (secondary N) is 2. The van der Waals surface area contributed by atoms with Crippen LogP contribution in [-0.2, 0) is 16.6 Å². The summed E-state index contributed by atoms with van der Waals surface area (Å²) in [6.45, 7) is 5.25. The van der Waals surface area contributed by atoms with Gasteiger partial charge in [0.15, 0.2) is 0 Å². The Kier molecular flexibility index (Phi) is 6.36. The normalized spacial score (nSPS) is 18.9. The molecular formula is C21H27N3O3S.